The molecule has 0 bridgehead atoms. The molecule has 0 spiro atoms. The number of rotatable bonds is 6. The van der Waals surface area contributed by atoms with Gasteiger partial charge in [-0.15, -0.1) is 0 Å². The minimum Gasteiger partial charge on any atom is -0.497 e. The molecule has 2 aromatic rings. The van der Waals surface area contributed by atoms with Gasteiger partial charge in [0.25, 0.3) is 0 Å². The standard InChI is InChI=1S/C21H25ClN4O3/c1-29-16-8-9-18(22)17(11-16)19-3-2-10-26(19)20(27)13-25-21(28)24-12-14-4-6-15(23)7-5-14/h4-9,11,19H,2-3,10,12-13,23H2,1H3,(H2,24,25,28). The Labute approximate surface area is 175 Å². The van der Waals surface area contributed by atoms with E-state index in [0.29, 0.717) is 29.5 Å². The summed E-state index contributed by atoms with van der Waals surface area (Å²) in [5.41, 5.74) is 8.10. The number of halogens is 1. The third-order valence-corrected chi connectivity index (χ3v) is 5.31. The second-order valence-corrected chi connectivity index (χ2v) is 7.32. The normalized spacial score (nSPS) is 15.8. The summed E-state index contributed by atoms with van der Waals surface area (Å²) in [4.78, 5) is 26.5. The number of likely N-dealkylation sites (tertiary alicyclic amines) is 1. The number of ether oxygens (including phenoxy) is 1. The van der Waals surface area contributed by atoms with Crippen LogP contribution in [-0.4, -0.2) is 37.0 Å². The Hall–Kier alpha value is -2.93. The van der Waals surface area contributed by atoms with Crippen LogP contribution in [0.25, 0.3) is 0 Å². The van der Waals surface area contributed by atoms with E-state index in [1.807, 2.05) is 18.2 Å². The van der Waals surface area contributed by atoms with Crippen molar-refractivity contribution >= 4 is 29.2 Å². The third-order valence-electron chi connectivity index (χ3n) is 4.97. The van der Waals surface area contributed by atoms with E-state index in [4.69, 9.17) is 22.1 Å². The minimum absolute atomic E-state index is 0.0777. The molecule has 1 heterocycles. The summed E-state index contributed by atoms with van der Waals surface area (Å²) in [7, 11) is 1.59. The molecular weight excluding hydrogens is 392 g/mol. The maximum atomic E-state index is 12.7. The van der Waals surface area contributed by atoms with Gasteiger partial charge in [0.05, 0.1) is 19.7 Å². The molecule has 0 aromatic heterocycles. The van der Waals surface area contributed by atoms with Crippen LogP contribution in [0.15, 0.2) is 42.5 Å². The van der Waals surface area contributed by atoms with Crippen molar-refractivity contribution in [3.63, 3.8) is 0 Å². The smallest absolute Gasteiger partial charge is 0.315 e. The van der Waals surface area contributed by atoms with Gasteiger partial charge >= 0.3 is 6.03 Å². The van der Waals surface area contributed by atoms with Gasteiger partial charge in [-0.3, -0.25) is 4.79 Å². The van der Waals surface area contributed by atoms with E-state index in [9.17, 15) is 9.59 Å². The molecule has 8 heteroatoms. The number of nitrogen functional groups attached to an aromatic ring is 1. The molecule has 1 aliphatic heterocycles. The maximum Gasteiger partial charge on any atom is 0.315 e. The number of nitrogens with two attached hydrogens (primary N) is 1. The quantitative estimate of drug-likeness (QED) is 0.630. The molecule has 0 aliphatic carbocycles. The van der Waals surface area contributed by atoms with Crippen LogP contribution in [0.2, 0.25) is 5.02 Å². The molecule has 154 valence electrons. The van der Waals surface area contributed by atoms with Crippen LogP contribution in [0, 0.1) is 0 Å². The van der Waals surface area contributed by atoms with Crippen LogP contribution >= 0.6 is 11.6 Å². The maximum absolute atomic E-state index is 12.7. The van der Waals surface area contributed by atoms with Crippen molar-refractivity contribution < 1.29 is 14.3 Å². The zero-order chi connectivity index (χ0) is 20.8. The van der Waals surface area contributed by atoms with Gasteiger partial charge in [-0.1, -0.05) is 23.7 Å². The Morgan fingerprint density at radius 1 is 1.21 bits per heavy atom. The van der Waals surface area contributed by atoms with E-state index in [0.717, 1.165) is 24.0 Å². The van der Waals surface area contributed by atoms with E-state index in [-0.39, 0.29) is 18.5 Å². The molecule has 1 aliphatic rings. The molecule has 3 amide bonds. The SMILES string of the molecule is COc1ccc(Cl)c(C2CCCN2C(=O)CNC(=O)NCc2ccc(N)cc2)c1. The number of carbonyl (C=O) groups is 2. The second kappa shape index (κ2) is 9.52. The highest BCUT2D eigenvalue weighted by Gasteiger charge is 2.31. The fourth-order valence-electron chi connectivity index (χ4n) is 3.43. The molecule has 29 heavy (non-hydrogen) atoms. The zero-order valence-electron chi connectivity index (χ0n) is 16.3. The third kappa shape index (κ3) is 5.32. The first-order valence-corrected chi connectivity index (χ1v) is 9.84. The van der Waals surface area contributed by atoms with Gasteiger partial charge in [0.1, 0.15) is 5.75 Å². The Kier molecular flexibility index (Phi) is 6.82. The summed E-state index contributed by atoms with van der Waals surface area (Å²) < 4.78 is 5.28. The first kappa shape index (κ1) is 20.8. The van der Waals surface area contributed by atoms with Gasteiger partial charge in [0.15, 0.2) is 0 Å². The van der Waals surface area contributed by atoms with Gasteiger partial charge in [-0.05, 0) is 54.3 Å². The Morgan fingerprint density at radius 3 is 2.69 bits per heavy atom. The van der Waals surface area contributed by atoms with Gasteiger partial charge < -0.3 is 26.0 Å². The second-order valence-electron chi connectivity index (χ2n) is 6.91. The van der Waals surface area contributed by atoms with Gasteiger partial charge in [-0.25, -0.2) is 4.79 Å². The Morgan fingerprint density at radius 2 is 1.97 bits per heavy atom. The van der Waals surface area contributed by atoms with Crippen molar-refractivity contribution in [3.05, 3.63) is 58.6 Å². The lowest BCUT2D eigenvalue weighted by molar-refractivity contribution is -0.131. The topological polar surface area (TPSA) is 96.7 Å². The van der Waals surface area contributed by atoms with E-state index in [1.165, 1.54) is 0 Å². The molecule has 0 saturated carbocycles. The molecule has 3 rings (SSSR count). The number of carbonyl (C=O) groups excluding carboxylic acids is 2. The molecule has 4 N–H and O–H groups in total. The van der Waals surface area contributed by atoms with Crippen molar-refractivity contribution in [1.29, 1.82) is 0 Å². The van der Waals surface area contributed by atoms with Crippen LogP contribution in [0.5, 0.6) is 5.75 Å². The largest absolute Gasteiger partial charge is 0.497 e. The molecule has 0 radical (unpaired) electrons. The number of hydrogen-bond donors (Lipinski definition) is 3. The highest BCUT2D eigenvalue weighted by molar-refractivity contribution is 6.31. The monoisotopic (exact) mass is 416 g/mol. The van der Waals surface area contributed by atoms with Gasteiger partial charge in [-0.2, -0.15) is 0 Å². The molecule has 1 saturated heterocycles. The number of methoxy groups -OCH3 is 1. The van der Waals surface area contributed by atoms with Crippen LogP contribution < -0.4 is 21.1 Å². The summed E-state index contributed by atoms with van der Waals surface area (Å²) in [5, 5.41) is 5.96. The lowest BCUT2D eigenvalue weighted by Crippen LogP contribution is -2.43. The van der Waals surface area contributed by atoms with Crippen molar-refractivity contribution in [2.24, 2.45) is 0 Å². The van der Waals surface area contributed by atoms with Gasteiger partial charge in [0, 0.05) is 23.8 Å². The van der Waals surface area contributed by atoms with E-state index >= 15 is 0 Å². The van der Waals surface area contributed by atoms with Crippen LogP contribution in [0.1, 0.15) is 30.0 Å². The Bertz CT molecular complexity index is 873. The zero-order valence-corrected chi connectivity index (χ0v) is 17.0. The first-order chi connectivity index (χ1) is 14.0. The fourth-order valence-corrected chi connectivity index (χ4v) is 3.67. The van der Waals surface area contributed by atoms with E-state index in [1.54, 1.807) is 36.3 Å². The summed E-state index contributed by atoms with van der Waals surface area (Å²) in [6, 6.07) is 12.1. The predicted octanol–water partition coefficient (Wildman–Crippen LogP) is 3.09. The molecule has 1 unspecified atom stereocenters. The number of urea groups is 1. The van der Waals surface area contributed by atoms with Crippen molar-refractivity contribution in [2.75, 3.05) is 25.9 Å². The highest BCUT2D eigenvalue weighted by Crippen LogP contribution is 2.37. The molecule has 1 fully saturated rings. The average Bonchev–Trinajstić information content (AvgIpc) is 3.21. The lowest BCUT2D eigenvalue weighted by atomic mass is 10.0. The molecule has 7 nitrogen and oxygen atoms in total. The van der Waals surface area contributed by atoms with Crippen molar-refractivity contribution in [1.82, 2.24) is 15.5 Å². The van der Waals surface area contributed by atoms with E-state index in [2.05, 4.69) is 10.6 Å². The number of anilines is 1. The molecule has 2 aromatic carbocycles. The summed E-state index contributed by atoms with van der Waals surface area (Å²) >= 11 is 6.36. The number of amides is 3. The van der Waals surface area contributed by atoms with Crippen LogP contribution in [0.3, 0.4) is 0 Å². The van der Waals surface area contributed by atoms with Gasteiger partial charge in [0.2, 0.25) is 5.91 Å². The van der Waals surface area contributed by atoms with Crippen molar-refractivity contribution in [2.45, 2.75) is 25.4 Å². The van der Waals surface area contributed by atoms with Crippen LogP contribution in [-0.2, 0) is 11.3 Å². The average molecular weight is 417 g/mol. The lowest BCUT2D eigenvalue weighted by Gasteiger charge is -2.26. The molecule has 1 atom stereocenters. The number of nitrogens with one attached hydrogen (secondary N) is 2. The summed E-state index contributed by atoms with van der Waals surface area (Å²) in [6.07, 6.45) is 1.70. The fraction of sp³-hybridized carbons (Fsp3) is 0.333. The first-order valence-electron chi connectivity index (χ1n) is 9.47. The number of nitrogens with zero attached hydrogens (tertiary/aromatic N) is 1. The number of hydrogen-bond acceptors (Lipinski definition) is 4. The predicted molar refractivity (Wildman–Crippen MR) is 113 cm³/mol. The summed E-state index contributed by atoms with van der Waals surface area (Å²) in [5.74, 6) is 0.554. The highest BCUT2D eigenvalue weighted by atomic mass is 35.5. The van der Waals surface area contributed by atoms with E-state index < -0.39 is 6.03 Å². The minimum atomic E-state index is -0.398. The number of benzene rings is 2. The van der Waals surface area contributed by atoms with Crippen molar-refractivity contribution in [3.8, 4) is 5.75 Å². The van der Waals surface area contributed by atoms with Crippen LogP contribution in [0.4, 0.5) is 10.5 Å². The molecular formula is C21H25ClN4O3. The Balaban J connectivity index is 1.54. The summed E-state index contributed by atoms with van der Waals surface area (Å²) in [6.45, 7) is 0.906.